The van der Waals surface area contributed by atoms with E-state index in [4.69, 9.17) is 9.47 Å². The highest BCUT2D eigenvalue weighted by molar-refractivity contribution is 5.97. The number of aryl methyl sites for hydroxylation is 2. The molecule has 1 aliphatic heterocycles. The second-order valence-corrected chi connectivity index (χ2v) is 7.72. The standard InChI is InChI=1S/C24H27N3O4/c1-5-26-20-10-8-17(13-18(20)25-15(2)23(26)28)24(29)27-12-6-7-19(27)16-9-11-21(30-3)22(14-16)31-4/h8-11,13-14,19H,5-7,12H2,1-4H3/t19-/m1/s1. The Morgan fingerprint density at radius 3 is 2.61 bits per heavy atom. The molecule has 1 aromatic heterocycles. The number of fused-ring (bicyclic) bond motifs is 1. The lowest BCUT2D eigenvalue weighted by Crippen LogP contribution is -2.30. The van der Waals surface area contributed by atoms with Crippen molar-refractivity contribution in [2.45, 2.75) is 39.3 Å². The maximum atomic E-state index is 13.4. The fraction of sp³-hybridized carbons (Fsp3) is 0.375. The van der Waals surface area contributed by atoms with Crippen molar-refractivity contribution >= 4 is 16.9 Å². The molecule has 2 aromatic carbocycles. The molecule has 7 nitrogen and oxygen atoms in total. The molecule has 1 aliphatic rings. The Morgan fingerprint density at radius 1 is 1.13 bits per heavy atom. The number of amides is 1. The van der Waals surface area contributed by atoms with E-state index in [1.54, 1.807) is 37.8 Å². The van der Waals surface area contributed by atoms with Crippen molar-refractivity contribution < 1.29 is 14.3 Å². The molecule has 1 saturated heterocycles. The number of carbonyl (C=O) groups excluding carboxylic acids is 1. The van der Waals surface area contributed by atoms with Gasteiger partial charge in [-0.05, 0) is 62.6 Å². The molecule has 0 N–H and O–H groups in total. The molecule has 0 saturated carbocycles. The predicted octanol–water partition coefficient (Wildman–Crippen LogP) is 3.72. The Kier molecular flexibility index (Phi) is 5.67. The number of benzene rings is 2. The Labute approximate surface area is 181 Å². The van der Waals surface area contributed by atoms with Crippen molar-refractivity contribution in [2.75, 3.05) is 20.8 Å². The number of nitrogens with zero attached hydrogens (tertiary/aromatic N) is 3. The van der Waals surface area contributed by atoms with Crippen molar-refractivity contribution in [3.63, 3.8) is 0 Å². The third-order valence-electron chi connectivity index (χ3n) is 5.98. The highest BCUT2D eigenvalue weighted by atomic mass is 16.5. The van der Waals surface area contributed by atoms with Gasteiger partial charge in [-0.1, -0.05) is 6.07 Å². The zero-order valence-electron chi connectivity index (χ0n) is 18.3. The van der Waals surface area contributed by atoms with Crippen LogP contribution in [0.2, 0.25) is 0 Å². The minimum absolute atomic E-state index is 0.0257. The van der Waals surface area contributed by atoms with Gasteiger partial charge in [0.25, 0.3) is 11.5 Å². The van der Waals surface area contributed by atoms with Crippen LogP contribution in [0, 0.1) is 6.92 Å². The second-order valence-electron chi connectivity index (χ2n) is 7.72. The largest absolute Gasteiger partial charge is 0.493 e. The van der Waals surface area contributed by atoms with Gasteiger partial charge in [-0.25, -0.2) is 4.98 Å². The number of hydrogen-bond acceptors (Lipinski definition) is 5. The van der Waals surface area contributed by atoms with Gasteiger partial charge in [0.2, 0.25) is 0 Å². The number of aromatic nitrogens is 2. The van der Waals surface area contributed by atoms with Gasteiger partial charge in [0.15, 0.2) is 11.5 Å². The quantitative estimate of drug-likeness (QED) is 0.628. The summed E-state index contributed by atoms with van der Waals surface area (Å²) in [5, 5.41) is 0. The van der Waals surface area contributed by atoms with E-state index >= 15 is 0 Å². The van der Waals surface area contributed by atoms with Crippen LogP contribution < -0.4 is 15.0 Å². The zero-order valence-corrected chi connectivity index (χ0v) is 18.3. The summed E-state index contributed by atoms with van der Waals surface area (Å²) in [4.78, 5) is 32.1. The number of rotatable bonds is 5. The SMILES string of the molecule is CCn1c(=O)c(C)nc2cc(C(=O)N3CCC[C@@H]3c3ccc(OC)c(OC)c3)ccc21. The van der Waals surface area contributed by atoms with Gasteiger partial charge in [-0.3, -0.25) is 9.59 Å². The van der Waals surface area contributed by atoms with E-state index < -0.39 is 0 Å². The maximum absolute atomic E-state index is 13.4. The normalized spacial score (nSPS) is 16.0. The van der Waals surface area contributed by atoms with E-state index in [1.807, 2.05) is 36.1 Å². The molecule has 0 spiro atoms. The molecular formula is C24H27N3O4. The number of methoxy groups -OCH3 is 2. The molecule has 2 heterocycles. The van der Waals surface area contributed by atoms with Crippen LogP contribution in [0.15, 0.2) is 41.2 Å². The molecule has 4 rings (SSSR count). The van der Waals surface area contributed by atoms with Crippen LogP contribution in [0.1, 0.15) is 47.4 Å². The van der Waals surface area contributed by atoms with Crippen LogP contribution in [0.25, 0.3) is 11.0 Å². The highest BCUT2D eigenvalue weighted by Crippen LogP contribution is 2.37. The topological polar surface area (TPSA) is 73.7 Å². The molecule has 1 amide bonds. The van der Waals surface area contributed by atoms with Gasteiger partial charge < -0.3 is 18.9 Å². The Balaban J connectivity index is 1.69. The number of hydrogen-bond donors (Lipinski definition) is 0. The van der Waals surface area contributed by atoms with Crippen LogP contribution >= 0.6 is 0 Å². The molecule has 31 heavy (non-hydrogen) atoms. The molecule has 0 radical (unpaired) electrons. The van der Waals surface area contributed by atoms with Crippen LogP contribution in [0.5, 0.6) is 11.5 Å². The van der Waals surface area contributed by atoms with E-state index in [0.29, 0.717) is 41.4 Å². The summed E-state index contributed by atoms with van der Waals surface area (Å²) in [7, 11) is 3.22. The van der Waals surface area contributed by atoms with Crippen LogP contribution in [0.3, 0.4) is 0 Å². The fourth-order valence-corrected chi connectivity index (χ4v) is 4.40. The summed E-state index contributed by atoms with van der Waals surface area (Å²) in [5.74, 6) is 1.29. The van der Waals surface area contributed by atoms with E-state index in [2.05, 4.69) is 4.98 Å². The molecule has 3 aromatic rings. The van der Waals surface area contributed by atoms with Crippen LogP contribution in [-0.2, 0) is 6.54 Å². The molecule has 162 valence electrons. The summed E-state index contributed by atoms with van der Waals surface area (Å²) in [6.07, 6.45) is 1.83. The first-order chi connectivity index (χ1) is 15.0. The van der Waals surface area contributed by atoms with E-state index in [0.717, 1.165) is 23.9 Å². The minimum Gasteiger partial charge on any atom is -0.493 e. The Bertz CT molecular complexity index is 1200. The predicted molar refractivity (Wildman–Crippen MR) is 119 cm³/mol. The Morgan fingerprint density at radius 2 is 1.90 bits per heavy atom. The summed E-state index contributed by atoms with van der Waals surface area (Å²) in [6, 6.07) is 11.2. The first kappa shape index (κ1) is 20.9. The zero-order chi connectivity index (χ0) is 22.1. The average Bonchev–Trinajstić information content (AvgIpc) is 3.28. The van der Waals surface area contributed by atoms with Crippen molar-refractivity contribution in [1.82, 2.24) is 14.5 Å². The van der Waals surface area contributed by atoms with Gasteiger partial charge in [-0.15, -0.1) is 0 Å². The maximum Gasteiger partial charge on any atom is 0.272 e. The number of carbonyl (C=O) groups is 1. The average molecular weight is 421 g/mol. The summed E-state index contributed by atoms with van der Waals surface area (Å²) < 4.78 is 12.5. The lowest BCUT2D eigenvalue weighted by molar-refractivity contribution is 0.0735. The van der Waals surface area contributed by atoms with Crippen molar-refractivity contribution in [1.29, 1.82) is 0 Å². The van der Waals surface area contributed by atoms with Gasteiger partial charge >= 0.3 is 0 Å². The monoisotopic (exact) mass is 421 g/mol. The smallest absolute Gasteiger partial charge is 0.272 e. The van der Waals surface area contributed by atoms with E-state index in [9.17, 15) is 9.59 Å². The van der Waals surface area contributed by atoms with E-state index in [-0.39, 0.29) is 17.5 Å². The van der Waals surface area contributed by atoms with Gasteiger partial charge in [-0.2, -0.15) is 0 Å². The first-order valence-electron chi connectivity index (χ1n) is 10.5. The van der Waals surface area contributed by atoms with Crippen LogP contribution in [0.4, 0.5) is 0 Å². The highest BCUT2D eigenvalue weighted by Gasteiger charge is 2.31. The van der Waals surface area contributed by atoms with Gasteiger partial charge in [0.05, 0.1) is 31.3 Å². The second kappa shape index (κ2) is 8.41. The molecule has 0 unspecified atom stereocenters. The molecule has 7 heteroatoms. The van der Waals surface area contributed by atoms with Crippen molar-refractivity contribution in [2.24, 2.45) is 0 Å². The van der Waals surface area contributed by atoms with Crippen LogP contribution in [-0.4, -0.2) is 41.1 Å². The minimum atomic E-state index is -0.0952. The molecule has 1 fully saturated rings. The van der Waals surface area contributed by atoms with E-state index in [1.165, 1.54) is 0 Å². The number of likely N-dealkylation sites (tertiary alicyclic amines) is 1. The number of ether oxygens (including phenoxy) is 2. The third-order valence-corrected chi connectivity index (χ3v) is 5.98. The lowest BCUT2D eigenvalue weighted by Gasteiger charge is -2.26. The molecule has 0 bridgehead atoms. The summed E-state index contributed by atoms with van der Waals surface area (Å²) in [6.45, 7) is 4.88. The summed E-state index contributed by atoms with van der Waals surface area (Å²) in [5.41, 5.74) is 3.34. The van der Waals surface area contributed by atoms with Crippen molar-refractivity contribution in [3.05, 3.63) is 63.6 Å². The lowest BCUT2D eigenvalue weighted by atomic mass is 10.0. The first-order valence-corrected chi connectivity index (χ1v) is 10.5. The molecular weight excluding hydrogens is 394 g/mol. The Hall–Kier alpha value is -3.35. The summed E-state index contributed by atoms with van der Waals surface area (Å²) >= 11 is 0. The van der Waals surface area contributed by atoms with Gasteiger partial charge in [0.1, 0.15) is 5.69 Å². The van der Waals surface area contributed by atoms with Crippen molar-refractivity contribution in [3.8, 4) is 11.5 Å². The molecule has 0 aliphatic carbocycles. The molecule has 1 atom stereocenters. The third kappa shape index (κ3) is 3.65. The van der Waals surface area contributed by atoms with Gasteiger partial charge in [0, 0.05) is 18.7 Å². The fourth-order valence-electron chi connectivity index (χ4n) is 4.40.